The monoisotopic (exact) mass is 464 g/mol. The molecule has 0 saturated carbocycles. The van der Waals surface area contributed by atoms with Crippen LogP contribution < -0.4 is 5.32 Å². The molecular formula is C23H24ClF3N4O. The number of piperidine rings is 1. The third-order valence-corrected chi connectivity index (χ3v) is 5.60. The number of aromatic nitrogens is 1. The Bertz CT molecular complexity index is 1040. The summed E-state index contributed by atoms with van der Waals surface area (Å²) in [5.74, 6) is -0.601. The maximum atomic E-state index is 13.3. The van der Waals surface area contributed by atoms with E-state index in [-0.39, 0.29) is 17.4 Å². The summed E-state index contributed by atoms with van der Waals surface area (Å²) in [7, 11) is 0. The second-order valence-electron chi connectivity index (χ2n) is 7.68. The largest absolute Gasteiger partial charge is 0.417 e. The van der Waals surface area contributed by atoms with E-state index in [0.717, 1.165) is 31.9 Å². The number of aliphatic imine (C=N–C) groups is 1. The summed E-state index contributed by atoms with van der Waals surface area (Å²) >= 11 is 5.97. The van der Waals surface area contributed by atoms with E-state index in [1.54, 1.807) is 18.3 Å². The van der Waals surface area contributed by atoms with E-state index >= 15 is 0 Å². The van der Waals surface area contributed by atoms with Crippen LogP contribution in [0.4, 0.5) is 13.2 Å². The second kappa shape index (κ2) is 10.3. The van der Waals surface area contributed by atoms with Crippen molar-refractivity contribution < 1.29 is 18.0 Å². The third-order valence-electron chi connectivity index (χ3n) is 5.19. The first-order valence-corrected chi connectivity index (χ1v) is 10.7. The van der Waals surface area contributed by atoms with E-state index in [1.165, 1.54) is 25.1 Å². The summed E-state index contributed by atoms with van der Waals surface area (Å²) in [5, 5.41) is 10.6. The van der Waals surface area contributed by atoms with Crippen molar-refractivity contribution in [1.82, 2.24) is 10.3 Å². The van der Waals surface area contributed by atoms with Crippen LogP contribution in [0.2, 0.25) is 5.02 Å². The molecule has 2 heterocycles. The maximum Gasteiger partial charge on any atom is 0.417 e. The van der Waals surface area contributed by atoms with Crippen LogP contribution >= 0.6 is 11.6 Å². The van der Waals surface area contributed by atoms with Crippen molar-refractivity contribution in [3.63, 3.8) is 0 Å². The molecule has 2 aromatic rings. The molecular weight excluding hydrogens is 441 g/mol. The van der Waals surface area contributed by atoms with Crippen LogP contribution in [-0.4, -0.2) is 34.9 Å². The molecule has 0 spiro atoms. The summed E-state index contributed by atoms with van der Waals surface area (Å²) < 4.78 is 39.8. The fourth-order valence-electron chi connectivity index (χ4n) is 3.72. The quantitative estimate of drug-likeness (QED) is 0.218. The van der Waals surface area contributed by atoms with Gasteiger partial charge in [-0.2, -0.15) is 13.2 Å². The van der Waals surface area contributed by atoms with Crippen LogP contribution in [0.1, 0.15) is 54.2 Å². The van der Waals surface area contributed by atoms with Crippen molar-refractivity contribution in [2.24, 2.45) is 4.99 Å². The Balaban J connectivity index is 2.06. The summed E-state index contributed by atoms with van der Waals surface area (Å²) in [5.41, 5.74) is 0.264. The molecule has 1 atom stereocenters. The first kappa shape index (κ1) is 23.9. The van der Waals surface area contributed by atoms with Gasteiger partial charge in [-0.15, -0.1) is 0 Å². The zero-order chi connectivity index (χ0) is 23.3. The lowest BCUT2D eigenvalue weighted by molar-refractivity contribution is -0.137. The molecule has 1 saturated heterocycles. The Morgan fingerprint density at radius 1 is 1.28 bits per heavy atom. The molecule has 1 aromatic heterocycles. The normalized spacial score (nSPS) is 18.0. The Morgan fingerprint density at radius 3 is 2.66 bits per heavy atom. The SMILES string of the molecule is CC(=N)N=C(/C(=C/C(=O)c1cccc(C(F)(F)F)c1Cl)CC1CCCCN1)c1ccc[nH]1. The summed E-state index contributed by atoms with van der Waals surface area (Å²) in [6.07, 6.45) is 1.76. The Kier molecular flexibility index (Phi) is 7.69. The summed E-state index contributed by atoms with van der Waals surface area (Å²) in [6.45, 7) is 2.37. The number of aromatic amines is 1. The number of hydrogen-bond acceptors (Lipinski definition) is 3. The minimum Gasteiger partial charge on any atom is -0.360 e. The number of carbonyl (C=O) groups excluding carboxylic acids is 1. The smallest absolute Gasteiger partial charge is 0.360 e. The number of H-pyrrole nitrogens is 1. The average molecular weight is 465 g/mol. The highest BCUT2D eigenvalue weighted by atomic mass is 35.5. The van der Waals surface area contributed by atoms with Gasteiger partial charge in [0.25, 0.3) is 0 Å². The molecule has 0 radical (unpaired) electrons. The molecule has 1 aliphatic rings. The highest BCUT2D eigenvalue weighted by molar-refractivity contribution is 6.35. The number of ketones is 1. The standard InChI is InChI=1S/C23H24ClF3N4O/c1-14(28)31-22(19-9-5-11-30-19)15(12-16-6-2-3-10-29-16)13-20(32)17-7-4-8-18(21(17)24)23(25,26)27/h4-5,7-9,11,13,16,28-30H,2-3,6,10,12H2,1H3/b15-13+,28-14?,31-22?. The number of nitrogens with one attached hydrogen (secondary N) is 3. The van der Waals surface area contributed by atoms with E-state index in [4.69, 9.17) is 17.0 Å². The lowest BCUT2D eigenvalue weighted by Crippen LogP contribution is -2.35. The van der Waals surface area contributed by atoms with Gasteiger partial charge in [-0.05, 0) is 68.6 Å². The number of carbonyl (C=O) groups is 1. The predicted octanol–water partition coefficient (Wildman–Crippen LogP) is 5.81. The van der Waals surface area contributed by atoms with Crippen molar-refractivity contribution in [1.29, 1.82) is 5.41 Å². The Hall–Kier alpha value is -2.71. The topological polar surface area (TPSA) is 81.1 Å². The van der Waals surface area contributed by atoms with E-state index in [1.807, 2.05) is 0 Å². The summed E-state index contributed by atoms with van der Waals surface area (Å²) in [4.78, 5) is 20.4. The van der Waals surface area contributed by atoms with Crippen molar-refractivity contribution in [3.05, 3.63) is 70.0 Å². The average Bonchev–Trinajstić information content (AvgIpc) is 3.26. The molecule has 1 unspecified atom stereocenters. The number of benzene rings is 1. The van der Waals surface area contributed by atoms with E-state index < -0.39 is 22.5 Å². The molecule has 1 fully saturated rings. The number of alkyl halides is 3. The number of amidine groups is 1. The van der Waals surface area contributed by atoms with Crippen LogP contribution in [0.5, 0.6) is 0 Å². The predicted molar refractivity (Wildman–Crippen MR) is 120 cm³/mol. The molecule has 0 bridgehead atoms. The molecule has 32 heavy (non-hydrogen) atoms. The van der Waals surface area contributed by atoms with Crippen LogP contribution in [0.3, 0.4) is 0 Å². The van der Waals surface area contributed by atoms with E-state index in [0.29, 0.717) is 23.4 Å². The summed E-state index contributed by atoms with van der Waals surface area (Å²) in [6, 6.07) is 6.92. The van der Waals surface area contributed by atoms with Gasteiger partial charge in [-0.3, -0.25) is 10.2 Å². The molecule has 0 aliphatic carbocycles. The Labute approximate surface area is 189 Å². The zero-order valence-corrected chi connectivity index (χ0v) is 18.3. The highest BCUT2D eigenvalue weighted by Gasteiger charge is 2.34. The van der Waals surface area contributed by atoms with Gasteiger partial charge in [0, 0.05) is 17.8 Å². The van der Waals surface area contributed by atoms with Crippen molar-refractivity contribution in [2.45, 2.75) is 44.8 Å². The molecule has 3 rings (SSSR count). The molecule has 0 amide bonds. The maximum absolute atomic E-state index is 13.3. The van der Waals surface area contributed by atoms with Crippen molar-refractivity contribution in [3.8, 4) is 0 Å². The highest BCUT2D eigenvalue weighted by Crippen LogP contribution is 2.36. The first-order chi connectivity index (χ1) is 15.2. The molecule has 3 N–H and O–H groups in total. The van der Waals surface area contributed by atoms with Gasteiger partial charge in [0.15, 0.2) is 5.78 Å². The molecule has 9 heteroatoms. The van der Waals surface area contributed by atoms with Crippen LogP contribution in [0, 0.1) is 5.41 Å². The van der Waals surface area contributed by atoms with Crippen LogP contribution in [0.25, 0.3) is 0 Å². The first-order valence-electron chi connectivity index (χ1n) is 10.3. The van der Waals surface area contributed by atoms with Gasteiger partial charge in [0.1, 0.15) is 5.84 Å². The second-order valence-corrected chi connectivity index (χ2v) is 8.06. The van der Waals surface area contributed by atoms with E-state index in [2.05, 4.69) is 15.3 Å². The number of nitrogens with zero attached hydrogens (tertiary/aromatic N) is 1. The van der Waals surface area contributed by atoms with Crippen molar-refractivity contribution in [2.75, 3.05) is 6.54 Å². The molecule has 5 nitrogen and oxygen atoms in total. The van der Waals surface area contributed by atoms with Crippen LogP contribution in [0.15, 0.2) is 53.2 Å². The third kappa shape index (κ3) is 5.95. The van der Waals surface area contributed by atoms with Gasteiger partial charge >= 0.3 is 6.18 Å². The van der Waals surface area contributed by atoms with Gasteiger partial charge < -0.3 is 10.3 Å². The fraction of sp³-hybridized carbons (Fsp3) is 0.348. The number of rotatable bonds is 6. The Morgan fingerprint density at radius 2 is 2.06 bits per heavy atom. The van der Waals surface area contributed by atoms with Gasteiger partial charge in [0.2, 0.25) is 0 Å². The minimum atomic E-state index is -4.67. The van der Waals surface area contributed by atoms with Gasteiger partial charge in [0.05, 0.1) is 22.0 Å². The fourth-order valence-corrected chi connectivity index (χ4v) is 4.04. The lowest BCUT2D eigenvalue weighted by Gasteiger charge is -2.25. The van der Waals surface area contributed by atoms with Crippen LogP contribution in [-0.2, 0) is 6.18 Å². The molecule has 1 aromatic carbocycles. The van der Waals surface area contributed by atoms with E-state index in [9.17, 15) is 18.0 Å². The lowest BCUT2D eigenvalue weighted by atomic mass is 9.92. The van der Waals surface area contributed by atoms with Crippen molar-refractivity contribution >= 4 is 28.9 Å². The molecule has 1 aliphatic heterocycles. The number of allylic oxidation sites excluding steroid dienone is 1. The van der Waals surface area contributed by atoms with Gasteiger partial charge in [-0.1, -0.05) is 24.1 Å². The zero-order valence-electron chi connectivity index (χ0n) is 17.5. The number of halogens is 4. The van der Waals surface area contributed by atoms with Gasteiger partial charge in [-0.25, -0.2) is 4.99 Å². The molecule has 170 valence electrons. The minimum absolute atomic E-state index is 0.0432. The number of hydrogen-bond donors (Lipinski definition) is 3.